The lowest BCUT2D eigenvalue weighted by Gasteiger charge is -2.12. The first kappa shape index (κ1) is 19.4. The average molecular weight is 399 g/mol. The fourth-order valence-electron chi connectivity index (χ4n) is 2.52. The molecule has 0 saturated carbocycles. The number of methoxy groups -OCH3 is 2. The smallest absolute Gasteiger partial charge is 0.274 e. The van der Waals surface area contributed by atoms with Crippen LogP contribution in [0.5, 0.6) is 11.5 Å². The highest BCUT2D eigenvalue weighted by Gasteiger charge is 2.15. The minimum atomic E-state index is -0.403. The Hall–Kier alpha value is -3.32. The van der Waals surface area contributed by atoms with Gasteiger partial charge in [0.2, 0.25) is 5.95 Å². The Morgan fingerprint density at radius 2 is 1.79 bits per heavy atom. The van der Waals surface area contributed by atoms with Gasteiger partial charge < -0.3 is 20.1 Å². The van der Waals surface area contributed by atoms with Gasteiger partial charge in [-0.2, -0.15) is 0 Å². The minimum absolute atomic E-state index is 0.201. The molecule has 3 rings (SSSR count). The number of rotatable bonds is 6. The minimum Gasteiger partial charge on any atom is -0.497 e. The van der Waals surface area contributed by atoms with E-state index in [-0.39, 0.29) is 11.6 Å². The Labute approximate surface area is 167 Å². The molecule has 1 heterocycles. The van der Waals surface area contributed by atoms with E-state index in [1.165, 1.54) is 7.11 Å². The van der Waals surface area contributed by atoms with Crippen molar-refractivity contribution in [3.63, 3.8) is 0 Å². The van der Waals surface area contributed by atoms with Gasteiger partial charge in [-0.25, -0.2) is 9.97 Å². The first-order chi connectivity index (χ1) is 13.5. The molecule has 28 heavy (non-hydrogen) atoms. The standard InChI is InChI=1S/C20H19ClN4O3/c1-12-10-17(25-20(22-12)24-15-7-5-4-6-14(15)21)19(26)23-16-11-13(27-2)8-9-18(16)28-3/h4-11H,1-3H3,(H,23,26)(H,22,24,25). The molecule has 7 nitrogen and oxygen atoms in total. The van der Waals surface area contributed by atoms with E-state index in [0.29, 0.717) is 33.6 Å². The summed E-state index contributed by atoms with van der Waals surface area (Å²) in [5.74, 6) is 0.973. The van der Waals surface area contributed by atoms with Gasteiger partial charge in [-0.3, -0.25) is 4.79 Å². The summed E-state index contributed by atoms with van der Waals surface area (Å²) in [6, 6.07) is 13.9. The van der Waals surface area contributed by atoms with Gasteiger partial charge in [-0.05, 0) is 37.3 Å². The Morgan fingerprint density at radius 1 is 1.00 bits per heavy atom. The van der Waals surface area contributed by atoms with Crippen LogP contribution in [0, 0.1) is 6.92 Å². The van der Waals surface area contributed by atoms with Gasteiger partial charge in [-0.15, -0.1) is 0 Å². The number of hydrogen-bond acceptors (Lipinski definition) is 6. The second kappa shape index (κ2) is 8.58. The van der Waals surface area contributed by atoms with E-state index in [0.717, 1.165) is 0 Å². The van der Waals surface area contributed by atoms with Crippen molar-refractivity contribution in [3.05, 3.63) is 64.9 Å². The summed E-state index contributed by atoms with van der Waals surface area (Å²) in [7, 11) is 3.08. The maximum Gasteiger partial charge on any atom is 0.274 e. The van der Waals surface area contributed by atoms with Crippen molar-refractivity contribution in [1.82, 2.24) is 9.97 Å². The topological polar surface area (TPSA) is 85.4 Å². The van der Waals surface area contributed by atoms with Crippen LogP contribution in [0.15, 0.2) is 48.5 Å². The largest absolute Gasteiger partial charge is 0.497 e. The molecule has 0 aliphatic carbocycles. The maximum atomic E-state index is 12.8. The lowest BCUT2D eigenvalue weighted by molar-refractivity contribution is 0.102. The molecule has 3 aromatic rings. The summed E-state index contributed by atoms with van der Waals surface area (Å²) in [5.41, 5.74) is 1.96. The number of nitrogens with zero attached hydrogens (tertiary/aromatic N) is 2. The van der Waals surface area contributed by atoms with Gasteiger partial charge in [0.25, 0.3) is 5.91 Å². The average Bonchev–Trinajstić information content (AvgIpc) is 2.69. The molecule has 0 bridgehead atoms. The van der Waals surface area contributed by atoms with Crippen LogP contribution in [-0.2, 0) is 0 Å². The highest BCUT2D eigenvalue weighted by atomic mass is 35.5. The van der Waals surface area contributed by atoms with Gasteiger partial charge in [0.05, 0.1) is 30.6 Å². The molecule has 0 aliphatic rings. The molecular formula is C20H19ClN4O3. The molecule has 0 unspecified atom stereocenters. The van der Waals surface area contributed by atoms with Crippen molar-refractivity contribution in [1.29, 1.82) is 0 Å². The van der Waals surface area contributed by atoms with E-state index in [1.807, 2.05) is 12.1 Å². The number of para-hydroxylation sites is 1. The number of carbonyl (C=O) groups excluding carboxylic acids is 1. The Morgan fingerprint density at radius 3 is 2.50 bits per heavy atom. The van der Waals surface area contributed by atoms with Gasteiger partial charge in [0, 0.05) is 11.8 Å². The van der Waals surface area contributed by atoms with E-state index < -0.39 is 5.91 Å². The molecule has 0 fully saturated rings. The number of anilines is 3. The summed E-state index contributed by atoms with van der Waals surface area (Å²) in [5, 5.41) is 6.36. The number of hydrogen-bond donors (Lipinski definition) is 2. The Balaban J connectivity index is 1.87. The van der Waals surface area contributed by atoms with Crippen LogP contribution in [0.4, 0.5) is 17.3 Å². The molecule has 0 saturated heterocycles. The van der Waals surface area contributed by atoms with Crippen LogP contribution in [0.2, 0.25) is 5.02 Å². The molecule has 0 spiro atoms. The number of amides is 1. The normalized spacial score (nSPS) is 10.3. The maximum absolute atomic E-state index is 12.8. The molecule has 8 heteroatoms. The zero-order chi connectivity index (χ0) is 20.1. The molecule has 0 atom stereocenters. The number of nitrogens with one attached hydrogen (secondary N) is 2. The fraction of sp³-hybridized carbons (Fsp3) is 0.150. The number of benzene rings is 2. The van der Waals surface area contributed by atoms with Crippen LogP contribution in [0.1, 0.15) is 16.2 Å². The monoisotopic (exact) mass is 398 g/mol. The van der Waals surface area contributed by atoms with Crippen LogP contribution in [0.3, 0.4) is 0 Å². The quantitative estimate of drug-likeness (QED) is 0.638. The van der Waals surface area contributed by atoms with Gasteiger partial charge >= 0.3 is 0 Å². The van der Waals surface area contributed by atoms with Crippen molar-refractivity contribution in [2.75, 3.05) is 24.9 Å². The fourth-order valence-corrected chi connectivity index (χ4v) is 2.70. The number of ether oxygens (including phenoxy) is 2. The summed E-state index contributed by atoms with van der Waals surface area (Å²) in [4.78, 5) is 21.4. The molecular weight excluding hydrogens is 380 g/mol. The summed E-state index contributed by atoms with van der Waals surface area (Å²) in [6.45, 7) is 1.78. The zero-order valence-electron chi connectivity index (χ0n) is 15.6. The van der Waals surface area contributed by atoms with E-state index in [1.54, 1.807) is 50.4 Å². The molecule has 1 aromatic heterocycles. The molecule has 1 amide bonds. The van der Waals surface area contributed by atoms with Crippen molar-refractivity contribution >= 4 is 34.8 Å². The highest BCUT2D eigenvalue weighted by molar-refractivity contribution is 6.33. The zero-order valence-corrected chi connectivity index (χ0v) is 16.4. The third-order valence-electron chi connectivity index (χ3n) is 3.86. The van der Waals surface area contributed by atoms with Crippen LogP contribution in [-0.4, -0.2) is 30.1 Å². The summed E-state index contributed by atoms with van der Waals surface area (Å²) < 4.78 is 10.5. The predicted molar refractivity (Wildman–Crippen MR) is 109 cm³/mol. The third kappa shape index (κ3) is 4.50. The van der Waals surface area contributed by atoms with E-state index in [4.69, 9.17) is 21.1 Å². The first-order valence-electron chi connectivity index (χ1n) is 8.41. The van der Waals surface area contributed by atoms with E-state index in [9.17, 15) is 4.79 Å². The number of aryl methyl sites for hydroxylation is 1. The van der Waals surface area contributed by atoms with Gasteiger partial charge in [-0.1, -0.05) is 23.7 Å². The molecule has 2 N–H and O–H groups in total. The predicted octanol–water partition coefficient (Wildman–Crippen LogP) is 4.45. The highest BCUT2D eigenvalue weighted by Crippen LogP contribution is 2.29. The van der Waals surface area contributed by atoms with Crippen LogP contribution in [0.25, 0.3) is 0 Å². The number of carbonyl (C=O) groups is 1. The number of aromatic nitrogens is 2. The first-order valence-corrected chi connectivity index (χ1v) is 8.78. The van der Waals surface area contributed by atoms with Crippen LogP contribution >= 0.6 is 11.6 Å². The van der Waals surface area contributed by atoms with Gasteiger partial charge in [0.15, 0.2) is 0 Å². The van der Waals surface area contributed by atoms with Crippen molar-refractivity contribution in [2.45, 2.75) is 6.92 Å². The summed E-state index contributed by atoms with van der Waals surface area (Å²) >= 11 is 6.16. The summed E-state index contributed by atoms with van der Waals surface area (Å²) in [6.07, 6.45) is 0. The SMILES string of the molecule is COc1ccc(OC)c(NC(=O)c2cc(C)nc(Nc3ccccc3Cl)n2)c1. The lowest BCUT2D eigenvalue weighted by atomic mass is 10.2. The second-order valence-corrected chi connectivity index (χ2v) is 6.25. The van der Waals surface area contributed by atoms with Crippen molar-refractivity contribution in [2.24, 2.45) is 0 Å². The molecule has 0 aliphatic heterocycles. The van der Waals surface area contributed by atoms with E-state index >= 15 is 0 Å². The second-order valence-electron chi connectivity index (χ2n) is 5.84. The Bertz CT molecular complexity index is 1010. The lowest BCUT2D eigenvalue weighted by Crippen LogP contribution is -2.16. The number of halogens is 1. The van der Waals surface area contributed by atoms with Crippen LogP contribution < -0.4 is 20.1 Å². The van der Waals surface area contributed by atoms with Crippen molar-refractivity contribution in [3.8, 4) is 11.5 Å². The van der Waals surface area contributed by atoms with E-state index in [2.05, 4.69) is 20.6 Å². The third-order valence-corrected chi connectivity index (χ3v) is 4.19. The Kier molecular flexibility index (Phi) is 5.96. The van der Waals surface area contributed by atoms with Gasteiger partial charge in [0.1, 0.15) is 17.2 Å². The molecule has 2 aromatic carbocycles. The van der Waals surface area contributed by atoms with Crippen molar-refractivity contribution < 1.29 is 14.3 Å². The molecule has 144 valence electrons. The molecule has 0 radical (unpaired) electrons.